The fourth-order valence-corrected chi connectivity index (χ4v) is 2.80. The second kappa shape index (κ2) is 18.6. The Morgan fingerprint density at radius 3 is 1.68 bits per heavy atom. The van der Waals surface area contributed by atoms with Gasteiger partial charge in [-0.15, -0.1) is 0 Å². The normalized spacial score (nSPS) is 15.2. The largest absolute Gasteiger partial charge is 0.394 e. The lowest BCUT2D eigenvalue weighted by Crippen LogP contribution is -2.26. The Morgan fingerprint density at radius 2 is 1.16 bits per heavy atom. The zero-order valence-electron chi connectivity index (χ0n) is 17.0. The molecule has 152 valence electrons. The first-order valence-corrected chi connectivity index (χ1v) is 10.6. The van der Waals surface area contributed by atoms with Crippen LogP contribution < -0.4 is 0 Å². The molecule has 0 amide bonds. The van der Waals surface area contributed by atoms with E-state index in [9.17, 15) is 5.11 Å². The lowest BCUT2D eigenvalue weighted by atomic mass is 10.0. The summed E-state index contributed by atoms with van der Waals surface area (Å²) in [6.45, 7) is 6.86. The first-order chi connectivity index (χ1) is 12.1. The Bertz CT molecular complexity index is 260. The summed E-state index contributed by atoms with van der Waals surface area (Å²) in [4.78, 5) is 0. The number of aliphatic hydroxyl groups is 2. The summed E-state index contributed by atoms with van der Waals surface area (Å²) in [6, 6.07) is 0. The van der Waals surface area contributed by atoms with Crippen LogP contribution in [0.15, 0.2) is 0 Å². The van der Waals surface area contributed by atoms with Crippen molar-refractivity contribution in [1.29, 1.82) is 0 Å². The van der Waals surface area contributed by atoms with Crippen molar-refractivity contribution in [3.63, 3.8) is 0 Å². The highest BCUT2D eigenvalue weighted by atomic mass is 16.5. The Morgan fingerprint density at radius 1 is 0.680 bits per heavy atom. The van der Waals surface area contributed by atoms with Gasteiger partial charge in [-0.05, 0) is 20.3 Å². The molecule has 4 nitrogen and oxygen atoms in total. The first kappa shape index (κ1) is 24.8. The molecule has 0 radical (unpaired) electrons. The number of rotatable bonds is 19. The topological polar surface area (TPSA) is 58.9 Å². The van der Waals surface area contributed by atoms with E-state index in [0.29, 0.717) is 13.2 Å². The molecule has 0 heterocycles. The minimum absolute atomic E-state index is 0.0220. The van der Waals surface area contributed by atoms with Gasteiger partial charge in [0.25, 0.3) is 0 Å². The molecule has 0 aromatic rings. The van der Waals surface area contributed by atoms with Crippen molar-refractivity contribution < 1.29 is 19.7 Å². The van der Waals surface area contributed by atoms with E-state index in [1.165, 1.54) is 64.2 Å². The van der Waals surface area contributed by atoms with E-state index in [0.717, 1.165) is 12.8 Å². The quantitative estimate of drug-likeness (QED) is 0.323. The molecule has 0 fully saturated rings. The minimum Gasteiger partial charge on any atom is -0.394 e. The van der Waals surface area contributed by atoms with Crippen molar-refractivity contribution in [1.82, 2.24) is 0 Å². The first-order valence-electron chi connectivity index (χ1n) is 10.6. The van der Waals surface area contributed by atoms with Gasteiger partial charge in [-0.3, -0.25) is 0 Å². The molecule has 4 heteroatoms. The van der Waals surface area contributed by atoms with Gasteiger partial charge in [0.1, 0.15) is 0 Å². The Labute approximate surface area is 156 Å². The third kappa shape index (κ3) is 18.4. The summed E-state index contributed by atoms with van der Waals surface area (Å²) >= 11 is 0. The Hall–Kier alpha value is -0.160. The Kier molecular flexibility index (Phi) is 18.5. The van der Waals surface area contributed by atoms with E-state index in [4.69, 9.17) is 14.6 Å². The molecular weight excluding hydrogens is 316 g/mol. The fraction of sp³-hybridized carbons (Fsp3) is 1.00. The summed E-state index contributed by atoms with van der Waals surface area (Å²) in [5.74, 6) is 0. The second-order valence-corrected chi connectivity index (χ2v) is 7.45. The van der Waals surface area contributed by atoms with Crippen LogP contribution in [0.25, 0.3) is 0 Å². The van der Waals surface area contributed by atoms with Gasteiger partial charge in [0.2, 0.25) is 0 Å². The van der Waals surface area contributed by atoms with Crippen LogP contribution in [0.3, 0.4) is 0 Å². The van der Waals surface area contributed by atoms with E-state index in [2.05, 4.69) is 6.92 Å². The van der Waals surface area contributed by atoms with Crippen molar-refractivity contribution in [3.8, 4) is 0 Å². The third-order valence-corrected chi connectivity index (χ3v) is 4.59. The summed E-state index contributed by atoms with van der Waals surface area (Å²) < 4.78 is 11.0. The second-order valence-electron chi connectivity index (χ2n) is 7.45. The van der Waals surface area contributed by atoms with E-state index in [-0.39, 0.29) is 24.9 Å². The molecule has 3 unspecified atom stereocenters. The lowest BCUT2D eigenvalue weighted by Gasteiger charge is -2.18. The molecule has 0 aliphatic carbocycles. The van der Waals surface area contributed by atoms with Crippen LogP contribution in [0, 0.1) is 0 Å². The van der Waals surface area contributed by atoms with Crippen molar-refractivity contribution >= 4 is 0 Å². The predicted molar refractivity (Wildman–Crippen MR) is 105 cm³/mol. The monoisotopic (exact) mass is 360 g/mol. The fourth-order valence-electron chi connectivity index (χ4n) is 2.80. The van der Waals surface area contributed by atoms with E-state index >= 15 is 0 Å². The SMILES string of the molecule is CCCCCCCCCCCCCC(O)COC(C)COC(C)CO. The molecular formula is C21H44O4. The van der Waals surface area contributed by atoms with Gasteiger partial charge in [-0.1, -0.05) is 77.6 Å². The number of unbranched alkanes of at least 4 members (excludes halogenated alkanes) is 10. The van der Waals surface area contributed by atoms with Crippen LogP contribution in [-0.2, 0) is 9.47 Å². The minimum atomic E-state index is -0.378. The molecule has 25 heavy (non-hydrogen) atoms. The summed E-state index contributed by atoms with van der Waals surface area (Å²) in [7, 11) is 0. The maximum absolute atomic E-state index is 9.96. The standard InChI is InChI=1S/C21H44O4/c1-4-5-6-7-8-9-10-11-12-13-14-15-21(23)18-25-20(3)17-24-19(2)16-22/h19-23H,4-18H2,1-3H3. The molecule has 0 bridgehead atoms. The molecule has 3 atom stereocenters. The van der Waals surface area contributed by atoms with Crippen molar-refractivity contribution in [2.24, 2.45) is 0 Å². The van der Waals surface area contributed by atoms with E-state index in [1.54, 1.807) is 0 Å². The maximum atomic E-state index is 9.96. The summed E-state index contributed by atoms with van der Waals surface area (Å²) in [5, 5.41) is 18.9. The smallest absolute Gasteiger partial charge is 0.0781 e. The van der Waals surface area contributed by atoms with E-state index in [1.807, 2.05) is 13.8 Å². The Balaban J connectivity index is 3.31. The highest BCUT2D eigenvalue weighted by Crippen LogP contribution is 2.12. The molecule has 0 aliphatic heterocycles. The molecule has 0 aromatic carbocycles. The van der Waals surface area contributed by atoms with Gasteiger partial charge in [0.15, 0.2) is 0 Å². The molecule has 0 aromatic heterocycles. The molecule has 0 saturated carbocycles. The molecule has 0 spiro atoms. The van der Waals surface area contributed by atoms with E-state index < -0.39 is 0 Å². The average Bonchev–Trinajstić information content (AvgIpc) is 2.62. The molecule has 0 rings (SSSR count). The third-order valence-electron chi connectivity index (χ3n) is 4.59. The van der Waals surface area contributed by atoms with Crippen LogP contribution >= 0.6 is 0 Å². The highest BCUT2D eigenvalue weighted by Gasteiger charge is 2.10. The highest BCUT2D eigenvalue weighted by molar-refractivity contribution is 4.58. The summed E-state index contributed by atoms with van der Waals surface area (Å²) in [6.07, 6.45) is 14.8. The predicted octanol–water partition coefficient (Wildman–Crippen LogP) is 4.85. The molecule has 2 N–H and O–H groups in total. The van der Waals surface area contributed by atoms with Gasteiger partial charge in [-0.2, -0.15) is 0 Å². The van der Waals surface area contributed by atoms with Crippen LogP contribution in [-0.4, -0.2) is 48.3 Å². The number of hydrogen-bond donors (Lipinski definition) is 2. The molecule has 0 aliphatic rings. The number of ether oxygens (including phenoxy) is 2. The number of hydrogen-bond acceptors (Lipinski definition) is 4. The lowest BCUT2D eigenvalue weighted by molar-refractivity contribution is -0.0657. The van der Waals surface area contributed by atoms with Crippen molar-refractivity contribution in [3.05, 3.63) is 0 Å². The van der Waals surface area contributed by atoms with Crippen LogP contribution in [0.2, 0.25) is 0 Å². The van der Waals surface area contributed by atoms with Crippen molar-refractivity contribution in [2.45, 2.75) is 116 Å². The van der Waals surface area contributed by atoms with Crippen LogP contribution in [0.5, 0.6) is 0 Å². The van der Waals surface area contributed by atoms with Crippen molar-refractivity contribution in [2.75, 3.05) is 19.8 Å². The zero-order chi connectivity index (χ0) is 18.8. The van der Waals surface area contributed by atoms with Gasteiger partial charge >= 0.3 is 0 Å². The average molecular weight is 361 g/mol. The van der Waals surface area contributed by atoms with Gasteiger partial charge in [-0.25, -0.2) is 0 Å². The summed E-state index contributed by atoms with van der Waals surface area (Å²) in [5.41, 5.74) is 0. The maximum Gasteiger partial charge on any atom is 0.0781 e. The van der Waals surface area contributed by atoms with Crippen LogP contribution in [0.1, 0.15) is 97.8 Å². The zero-order valence-corrected chi connectivity index (χ0v) is 17.0. The van der Waals surface area contributed by atoms with Gasteiger partial charge < -0.3 is 19.7 Å². The van der Waals surface area contributed by atoms with Gasteiger partial charge in [0, 0.05) is 0 Å². The number of aliphatic hydroxyl groups excluding tert-OH is 2. The van der Waals surface area contributed by atoms with Gasteiger partial charge in [0.05, 0.1) is 38.1 Å². The van der Waals surface area contributed by atoms with Crippen LogP contribution in [0.4, 0.5) is 0 Å². The molecule has 0 saturated heterocycles.